The average molecular weight is 364 g/mol. The van der Waals surface area contributed by atoms with E-state index in [1.807, 2.05) is 0 Å². The minimum Gasteiger partial charge on any atom is -0.484 e. The summed E-state index contributed by atoms with van der Waals surface area (Å²) in [7, 11) is 0. The molecular weight excluding hydrogens is 340 g/mol. The first kappa shape index (κ1) is 16.7. The summed E-state index contributed by atoms with van der Waals surface area (Å²) in [5.74, 6) is 0.559. The van der Waals surface area contributed by atoms with Gasteiger partial charge in [-0.25, -0.2) is 0 Å². The van der Waals surface area contributed by atoms with Crippen molar-refractivity contribution in [3.05, 3.63) is 9.75 Å². The topological polar surface area (TPSA) is 76.7 Å². The standard InChI is InChI=1S/C18H24N2O4S/c21-17(19-11-5-1-2-6-11)15-13-14(24-10-9-23-13)16(25-15)18(22)20-12-7-3-4-8-12/h11-12H,1-10H2,(H,19,21)(H,20,22). The highest BCUT2D eigenvalue weighted by atomic mass is 32.1. The Hall–Kier alpha value is -1.76. The van der Waals surface area contributed by atoms with Crippen LogP contribution in [-0.2, 0) is 0 Å². The minimum absolute atomic E-state index is 0.154. The largest absolute Gasteiger partial charge is 0.484 e. The zero-order valence-electron chi connectivity index (χ0n) is 14.3. The number of nitrogens with one attached hydrogen (secondary N) is 2. The van der Waals surface area contributed by atoms with Gasteiger partial charge in [-0.15, -0.1) is 11.3 Å². The molecule has 136 valence electrons. The molecule has 0 spiro atoms. The maximum Gasteiger partial charge on any atom is 0.265 e. The smallest absolute Gasteiger partial charge is 0.265 e. The molecule has 2 heterocycles. The van der Waals surface area contributed by atoms with Crippen LogP contribution in [0.1, 0.15) is 70.7 Å². The molecule has 2 fully saturated rings. The molecule has 0 bridgehead atoms. The van der Waals surface area contributed by atoms with E-state index in [2.05, 4.69) is 10.6 Å². The molecule has 0 aromatic carbocycles. The van der Waals surface area contributed by atoms with E-state index >= 15 is 0 Å². The molecule has 25 heavy (non-hydrogen) atoms. The average Bonchev–Trinajstić information content (AvgIpc) is 3.35. The molecule has 7 heteroatoms. The molecule has 1 aromatic rings. The van der Waals surface area contributed by atoms with Crippen LogP contribution in [0.15, 0.2) is 0 Å². The molecular formula is C18H24N2O4S. The molecule has 1 aromatic heterocycles. The number of thiophene rings is 1. The summed E-state index contributed by atoms with van der Waals surface area (Å²) in [6, 6.07) is 0.455. The number of hydrogen-bond acceptors (Lipinski definition) is 5. The van der Waals surface area contributed by atoms with Crippen molar-refractivity contribution in [2.45, 2.75) is 63.5 Å². The maximum atomic E-state index is 12.7. The predicted molar refractivity (Wildman–Crippen MR) is 94.8 cm³/mol. The molecule has 2 saturated carbocycles. The fourth-order valence-corrected chi connectivity index (χ4v) is 4.89. The van der Waals surface area contributed by atoms with Crippen molar-refractivity contribution < 1.29 is 19.1 Å². The second-order valence-corrected chi connectivity index (χ2v) is 8.05. The Morgan fingerprint density at radius 1 is 0.760 bits per heavy atom. The zero-order valence-corrected chi connectivity index (χ0v) is 15.1. The van der Waals surface area contributed by atoms with Gasteiger partial charge in [-0.2, -0.15) is 0 Å². The van der Waals surface area contributed by atoms with Crippen molar-refractivity contribution in [1.82, 2.24) is 10.6 Å². The van der Waals surface area contributed by atoms with Crippen LogP contribution in [0.2, 0.25) is 0 Å². The van der Waals surface area contributed by atoms with Crippen LogP contribution in [0.3, 0.4) is 0 Å². The Kier molecular flexibility index (Phi) is 4.83. The van der Waals surface area contributed by atoms with Crippen molar-refractivity contribution in [2.24, 2.45) is 0 Å². The molecule has 2 N–H and O–H groups in total. The minimum atomic E-state index is -0.154. The fraction of sp³-hybridized carbons (Fsp3) is 0.667. The lowest BCUT2D eigenvalue weighted by Gasteiger charge is -2.18. The Labute approximate surface area is 151 Å². The second-order valence-electron chi connectivity index (χ2n) is 7.03. The van der Waals surface area contributed by atoms with Crippen molar-refractivity contribution >= 4 is 23.2 Å². The maximum absolute atomic E-state index is 12.7. The molecule has 4 rings (SSSR count). The van der Waals surface area contributed by atoms with Gasteiger partial charge in [0.15, 0.2) is 11.5 Å². The van der Waals surface area contributed by atoms with E-state index in [1.54, 1.807) is 0 Å². The monoisotopic (exact) mass is 364 g/mol. The summed E-state index contributed by atoms with van der Waals surface area (Å²) < 4.78 is 11.4. The summed E-state index contributed by atoms with van der Waals surface area (Å²) in [6.07, 6.45) is 8.70. The molecule has 2 amide bonds. The van der Waals surface area contributed by atoms with Crippen LogP contribution >= 0.6 is 11.3 Å². The SMILES string of the molecule is O=C(NC1CCCC1)c1sc(C(=O)NC2CCCC2)c2c1OCCO2. The van der Waals surface area contributed by atoms with Gasteiger partial charge in [0.05, 0.1) is 0 Å². The van der Waals surface area contributed by atoms with Gasteiger partial charge >= 0.3 is 0 Å². The lowest BCUT2D eigenvalue weighted by molar-refractivity contribution is 0.0918. The first-order valence-electron chi connectivity index (χ1n) is 9.26. The van der Waals surface area contributed by atoms with Crippen molar-refractivity contribution in [1.29, 1.82) is 0 Å². The van der Waals surface area contributed by atoms with Crippen LogP contribution in [-0.4, -0.2) is 37.1 Å². The van der Waals surface area contributed by atoms with E-state index in [0.717, 1.165) is 51.4 Å². The Morgan fingerprint density at radius 3 is 1.56 bits per heavy atom. The summed E-state index contributed by atoms with van der Waals surface area (Å²) in [4.78, 5) is 26.3. The van der Waals surface area contributed by atoms with Crippen LogP contribution < -0.4 is 20.1 Å². The fourth-order valence-electron chi connectivity index (χ4n) is 3.89. The molecule has 0 saturated heterocycles. The number of ether oxygens (including phenoxy) is 2. The van der Waals surface area contributed by atoms with Gasteiger partial charge < -0.3 is 20.1 Å². The van der Waals surface area contributed by atoms with E-state index in [-0.39, 0.29) is 23.9 Å². The molecule has 0 radical (unpaired) electrons. The van der Waals surface area contributed by atoms with Gasteiger partial charge in [0, 0.05) is 12.1 Å². The summed E-state index contributed by atoms with van der Waals surface area (Å²) in [5, 5.41) is 6.15. The third-order valence-corrected chi connectivity index (χ3v) is 6.34. The van der Waals surface area contributed by atoms with Crippen molar-refractivity contribution in [3.8, 4) is 11.5 Å². The van der Waals surface area contributed by atoms with Crippen molar-refractivity contribution in [3.63, 3.8) is 0 Å². The van der Waals surface area contributed by atoms with Gasteiger partial charge in [-0.1, -0.05) is 25.7 Å². The number of rotatable bonds is 4. The summed E-state index contributed by atoms with van der Waals surface area (Å²) in [5.41, 5.74) is 0. The Bertz CT molecular complexity index is 606. The highest BCUT2D eigenvalue weighted by molar-refractivity contribution is 7.16. The molecule has 0 unspecified atom stereocenters. The summed E-state index contributed by atoms with van der Waals surface area (Å²) >= 11 is 1.18. The third-order valence-electron chi connectivity index (χ3n) is 5.19. The molecule has 2 aliphatic carbocycles. The van der Waals surface area contributed by atoms with Crippen molar-refractivity contribution in [2.75, 3.05) is 13.2 Å². The zero-order chi connectivity index (χ0) is 17.2. The van der Waals surface area contributed by atoms with E-state index in [0.29, 0.717) is 34.5 Å². The molecule has 0 atom stereocenters. The lowest BCUT2D eigenvalue weighted by Crippen LogP contribution is -2.32. The van der Waals surface area contributed by atoms with Crippen LogP contribution in [0, 0.1) is 0 Å². The van der Waals surface area contributed by atoms with Gasteiger partial charge in [-0.05, 0) is 25.7 Å². The number of carbonyl (C=O) groups is 2. The normalized spacial score (nSPS) is 20.6. The van der Waals surface area contributed by atoms with Crippen LogP contribution in [0.25, 0.3) is 0 Å². The third kappa shape index (κ3) is 3.47. The van der Waals surface area contributed by atoms with Crippen LogP contribution in [0.4, 0.5) is 0 Å². The quantitative estimate of drug-likeness (QED) is 0.861. The summed E-state index contributed by atoms with van der Waals surface area (Å²) in [6.45, 7) is 0.800. The van der Waals surface area contributed by atoms with Crippen LogP contribution in [0.5, 0.6) is 11.5 Å². The van der Waals surface area contributed by atoms with Gasteiger partial charge in [0.2, 0.25) is 0 Å². The highest BCUT2D eigenvalue weighted by Gasteiger charge is 2.33. The first-order chi connectivity index (χ1) is 12.2. The lowest BCUT2D eigenvalue weighted by atomic mass is 10.2. The van der Waals surface area contributed by atoms with Gasteiger partial charge in [-0.3, -0.25) is 9.59 Å². The number of amides is 2. The predicted octanol–water partition coefficient (Wildman–Crippen LogP) is 2.86. The Balaban J connectivity index is 1.55. The Morgan fingerprint density at radius 2 is 1.16 bits per heavy atom. The van der Waals surface area contributed by atoms with E-state index in [1.165, 1.54) is 11.3 Å². The highest BCUT2D eigenvalue weighted by Crippen LogP contribution is 2.44. The van der Waals surface area contributed by atoms with Gasteiger partial charge in [0.25, 0.3) is 11.8 Å². The molecule has 6 nitrogen and oxygen atoms in total. The van der Waals surface area contributed by atoms with E-state index in [4.69, 9.17) is 9.47 Å². The molecule has 1 aliphatic heterocycles. The van der Waals surface area contributed by atoms with Gasteiger partial charge in [0.1, 0.15) is 23.0 Å². The van der Waals surface area contributed by atoms with E-state index in [9.17, 15) is 9.59 Å². The first-order valence-corrected chi connectivity index (χ1v) is 10.1. The number of hydrogen-bond donors (Lipinski definition) is 2. The molecule has 3 aliphatic rings. The van der Waals surface area contributed by atoms with E-state index < -0.39 is 0 Å². The second kappa shape index (κ2) is 7.23. The number of fused-ring (bicyclic) bond motifs is 1. The number of carbonyl (C=O) groups excluding carboxylic acids is 2.